The summed E-state index contributed by atoms with van der Waals surface area (Å²) in [6.45, 7) is 3.89. The molecular weight excluding hydrogens is 269 g/mol. The summed E-state index contributed by atoms with van der Waals surface area (Å²) in [6.07, 6.45) is 2.35. The van der Waals surface area contributed by atoms with E-state index >= 15 is 0 Å². The quantitative estimate of drug-likeness (QED) is 0.858. The standard InChI is InChI=1S/C12H20FN3O2S/c1-4-12(5-2,9-14)16(3)19(17,18)11-10(13)7-6-8-15-11/h6-8H,4-5,9,14H2,1-3H3. The molecule has 0 spiro atoms. The molecule has 0 aliphatic rings. The molecule has 108 valence electrons. The summed E-state index contributed by atoms with van der Waals surface area (Å²) in [5, 5.41) is -0.558. The zero-order valence-corrected chi connectivity index (χ0v) is 12.2. The van der Waals surface area contributed by atoms with E-state index in [1.54, 1.807) is 0 Å². The number of hydrogen-bond donors (Lipinski definition) is 1. The zero-order chi connectivity index (χ0) is 14.7. The van der Waals surface area contributed by atoms with E-state index in [-0.39, 0.29) is 6.54 Å². The van der Waals surface area contributed by atoms with Gasteiger partial charge in [0.15, 0.2) is 5.82 Å². The summed E-state index contributed by atoms with van der Waals surface area (Å²) in [6, 6.07) is 2.43. The van der Waals surface area contributed by atoms with Crippen LogP contribution in [-0.2, 0) is 10.0 Å². The lowest BCUT2D eigenvalue weighted by Crippen LogP contribution is -2.53. The molecule has 1 aromatic rings. The maximum absolute atomic E-state index is 13.6. The Morgan fingerprint density at radius 3 is 2.42 bits per heavy atom. The van der Waals surface area contributed by atoms with Gasteiger partial charge in [-0.15, -0.1) is 0 Å². The Balaban J connectivity index is 3.32. The molecule has 0 bridgehead atoms. The highest BCUT2D eigenvalue weighted by atomic mass is 32.2. The van der Waals surface area contributed by atoms with E-state index < -0.39 is 26.4 Å². The molecule has 0 aromatic carbocycles. The predicted molar refractivity (Wildman–Crippen MR) is 71.5 cm³/mol. The second kappa shape index (κ2) is 5.94. The van der Waals surface area contributed by atoms with Gasteiger partial charge in [0.05, 0.1) is 0 Å². The second-order valence-corrected chi connectivity index (χ2v) is 6.28. The topological polar surface area (TPSA) is 76.3 Å². The van der Waals surface area contributed by atoms with Crippen molar-refractivity contribution in [1.29, 1.82) is 0 Å². The zero-order valence-electron chi connectivity index (χ0n) is 11.4. The summed E-state index contributed by atoms with van der Waals surface area (Å²) in [5.74, 6) is -0.854. The van der Waals surface area contributed by atoms with Gasteiger partial charge in [0.1, 0.15) is 0 Å². The summed E-state index contributed by atoms with van der Waals surface area (Å²) in [4.78, 5) is 3.64. The molecule has 1 aromatic heterocycles. The van der Waals surface area contributed by atoms with E-state index in [0.717, 1.165) is 10.4 Å². The molecule has 0 amide bonds. The van der Waals surface area contributed by atoms with Crippen LogP contribution in [0.1, 0.15) is 26.7 Å². The maximum Gasteiger partial charge on any atom is 0.263 e. The highest BCUT2D eigenvalue weighted by Crippen LogP contribution is 2.28. The first kappa shape index (κ1) is 16.0. The third-order valence-electron chi connectivity index (χ3n) is 3.69. The van der Waals surface area contributed by atoms with Crippen molar-refractivity contribution in [3.63, 3.8) is 0 Å². The Bertz CT molecular complexity index is 521. The number of halogens is 1. The van der Waals surface area contributed by atoms with E-state index in [2.05, 4.69) is 4.98 Å². The molecular formula is C12H20FN3O2S. The summed E-state index contributed by atoms with van der Waals surface area (Å²) < 4.78 is 39.7. The van der Waals surface area contributed by atoms with Crippen molar-refractivity contribution in [3.8, 4) is 0 Å². The number of nitrogens with two attached hydrogens (primary N) is 1. The van der Waals surface area contributed by atoms with E-state index in [0.29, 0.717) is 12.8 Å². The Morgan fingerprint density at radius 2 is 2.00 bits per heavy atom. The van der Waals surface area contributed by atoms with Gasteiger partial charge in [-0.2, -0.15) is 4.31 Å². The predicted octanol–water partition coefficient (Wildman–Crippen LogP) is 1.36. The number of pyridine rings is 1. The number of aromatic nitrogens is 1. The van der Waals surface area contributed by atoms with Gasteiger partial charge in [0, 0.05) is 25.3 Å². The van der Waals surface area contributed by atoms with Gasteiger partial charge in [0.25, 0.3) is 10.0 Å². The van der Waals surface area contributed by atoms with Crippen molar-refractivity contribution in [2.45, 2.75) is 37.3 Å². The molecule has 0 saturated heterocycles. The van der Waals surface area contributed by atoms with Gasteiger partial charge in [-0.3, -0.25) is 0 Å². The number of nitrogens with zero attached hydrogens (tertiary/aromatic N) is 2. The fourth-order valence-corrected chi connectivity index (χ4v) is 3.67. The minimum Gasteiger partial charge on any atom is -0.329 e. The molecule has 0 atom stereocenters. The molecule has 0 unspecified atom stereocenters. The molecule has 1 rings (SSSR count). The Kier molecular flexibility index (Phi) is 5.00. The highest BCUT2D eigenvalue weighted by molar-refractivity contribution is 7.89. The van der Waals surface area contributed by atoms with Crippen molar-refractivity contribution in [2.24, 2.45) is 5.73 Å². The molecule has 5 nitrogen and oxygen atoms in total. The van der Waals surface area contributed by atoms with Crippen LogP contribution in [0.3, 0.4) is 0 Å². The van der Waals surface area contributed by atoms with Gasteiger partial charge in [0.2, 0.25) is 5.03 Å². The van der Waals surface area contributed by atoms with Crippen LogP contribution in [0, 0.1) is 5.82 Å². The SMILES string of the molecule is CCC(CC)(CN)N(C)S(=O)(=O)c1ncccc1F. The molecule has 1 heterocycles. The second-order valence-electron chi connectivity index (χ2n) is 4.40. The monoisotopic (exact) mass is 289 g/mol. The third kappa shape index (κ3) is 2.77. The first-order chi connectivity index (χ1) is 8.85. The first-order valence-corrected chi connectivity index (χ1v) is 7.59. The van der Waals surface area contributed by atoms with Crippen molar-refractivity contribution in [1.82, 2.24) is 9.29 Å². The van der Waals surface area contributed by atoms with Crippen molar-refractivity contribution >= 4 is 10.0 Å². The van der Waals surface area contributed by atoms with E-state index in [9.17, 15) is 12.8 Å². The summed E-state index contributed by atoms with van der Waals surface area (Å²) >= 11 is 0. The molecule has 7 heteroatoms. The van der Waals surface area contributed by atoms with Gasteiger partial charge < -0.3 is 5.73 Å². The van der Waals surface area contributed by atoms with Crippen LogP contribution in [0.15, 0.2) is 23.4 Å². The molecule has 0 aliphatic heterocycles. The average Bonchev–Trinajstić information content (AvgIpc) is 2.41. The number of sulfonamides is 1. The molecule has 0 fully saturated rings. The molecule has 19 heavy (non-hydrogen) atoms. The third-order valence-corrected chi connectivity index (χ3v) is 5.59. The van der Waals surface area contributed by atoms with Crippen molar-refractivity contribution < 1.29 is 12.8 Å². The Labute approximate surface area is 113 Å². The van der Waals surface area contributed by atoms with Crippen molar-refractivity contribution in [3.05, 3.63) is 24.1 Å². The Hall–Kier alpha value is -1.05. The van der Waals surface area contributed by atoms with Crippen molar-refractivity contribution in [2.75, 3.05) is 13.6 Å². The smallest absolute Gasteiger partial charge is 0.263 e. The molecule has 0 saturated carbocycles. The Morgan fingerprint density at radius 1 is 1.42 bits per heavy atom. The van der Waals surface area contributed by atoms with E-state index in [1.165, 1.54) is 19.3 Å². The molecule has 0 aliphatic carbocycles. The van der Waals surface area contributed by atoms with Gasteiger partial charge in [-0.25, -0.2) is 17.8 Å². The van der Waals surface area contributed by atoms with E-state index in [4.69, 9.17) is 5.73 Å². The minimum atomic E-state index is -4.00. The average molecular weight is 289 g/mol. The van der Waals surface area contributed by atoms with Crippen LogP contribution in [0.4, 0.5) is 4.39 Å². The van der Waals surface area contributed by atoms with Gasteiger partial charge >= 0.3 is 0 Å². The summed E-state index contributed by atoms with van der Waals surface area (Å²) in [7, 11) is -2.58. The highest BCUT2D eigenvalue weighted by Gasteiger charge is 2.39. The fourth-order valence-electron chi connectivity index (χ4n) is 2.06. The first-order valence-electron chi connectivity index (χ1n) is 6.15. The van der Waals surface area contributed by atoms with Crippen LogP contribution in [0.2, 0.25) is 0 Å². The van der Waals surface area contributed by atoms with Crippen LogP contribution in [0.25, 0.3) is 0 Å². The largest absolute Gasteiger partial charge is 0.329 e. The lowest BCUT2D eigenvalue weighted by atomic mass is 9.93. The van der Waals surface area contributed by atoms with Gasteiger partial charge in [-0.1, -0.05) is 13.8 Å². The van der Waals surface area contributed by atoms with Crippen LogP contribution in [0.5, 0.6) is 0 Å². The normalized spacial score (nSPS) is 12.9. The lowest BCUT2D eigenvalue weighted by Gasteiger charge is -2.38. The number of rotatable bonds is 6. The lowest BCUT2D eigenvalue weighted by molar-refractivity contribution is 0.207. The van der Waals surface area contributed by atoms with E-state index in [1.807, 2.05) is 13.8 Å². The summed E-state index contributed by atoms with van der Waals surface area (Å²) in [5.41, 5.74) is 5.00. The van der Waals surface area contributed by atoms with Crippen LogP contribution in [-0.4, -0.2) is 36.8 Å². The molecule has 2 N–H and O–H groups in total. The van der Waals surface area contributed by atoms with Crippen LogP contribution < -0.4 is 5.73 Å². The molecule has 0 radical (unpaired) electrons. The minimum absolute atomic E-state index is 0.171. The van der Waals surface area contributed by atoms with Crippen LogP contribution >= 0.6 is 0 Å². The maximum atomic E-state index is 13.6. The fraction of sp³-hybridized carbons (Fsp3) is 0.583. The number of hydrogen-bond acceptors (Lipinski definition) is 4. The van der Waals surface area contributed by atoms with Gasteiger partial charge in [-0.05, 0) is 25.0 Å². The number of likely N-dealkylation sites (N-methyl/N-ethyl adjacent to an activating group) is 1.